The van der Waals surface area contributed by atoms with Crippen molar-refractivity contribution in [2.45, 2.75) is 16.6 Å². The molecule has 1 unspecified atom stereocenters. The minimum absolute atomic E-state index is 0.0867. The number of hydrogen-bond donors (Lipinski definition) is 0. The van der Waals surface area contributed by atoms with Crippen molar-refractivity contribution in [3.8, 4) is 0 Å². The average Bonchev–Trinajstić information content (AvgIpc) is 2.62. The summed E-state index contributed by atoms with van der Waals surface area (Å²) in [6, 6.07) is 15.6. The van der Waals surface area contributed by atoms with Crippen molar-refractivity contribution in [3.63, 3.8) is 0 Å². The number of rotatable bonds is 2. The SMILES string of the molecule is CN1C(=O)C(C)(Sc2ccccc2)c2cc(Cl)ccc21. The van der Waals surface area contributed by atoms with Crippen molar-refractivity contribution in [1.29, 1.82) is 0 Å². The summed E-state index contributed by atoms with van der Waals surface area (Å²) in [4.78, 5) is 15.4. The summed E-state index contributed by atoms with van der Waals surface area (Å²) < 4.78 is -0.629. The van der Waals surface area contributed by atoms with Crippen molar-refractivity contribution in [3.05, 3.63) is 59.1 Å². The van der Waals surface area contributed by atoms with Gasteiger partial charge >= 0.3 is 0 Å². The van der Waals surface area contributed by atoms with E-state index in [-0.39, 0.29) is 5.91 Å². The van der Waals surface area contributed by atoms with Crippen LogP contribution in [0, 0.1) is 0 Å². The number of nitrogens with zero attached hydrogens (tertiary/aromatic N) is 1. The summed E-state index contributed by atoms with van der Waals surface area (Å²) in [5.74, 6) is 0.0867. The molecule has 1 amide bonds. The maximum atomic E-state index is 12.7. The first-order chi connectivity index (χ1) is 9.52. The van der Waals surface area contributed by atoms with Crippen LogP contribution in [0.4, 0.5) is 5.69 Å². The Balaban J connectivity index is 2.09. The van der Waals surface area contributed by atoms with Crippen LogP contribution in [0.15, 0.2) is 53.4 Å². The molecule has 0 saturated carbocycles. The maximum Gasteiger partial charge on any atom is 0.247 e. The topological polar surface area (TPSA) is 20.3 Å². The molecule has 1 atom stereocenters. The van der Waals surface area contributed by atoms with Gasteiger partial charge in [0.2, 0.25) is 5.91 Å². The van der Waals surface area contributed by atoms with Gasteiger partial charge in [0.25, 0.3) is 0 Å². The Morgan fingerprint density at radius 1 is 1.15 bits per heavy atom. The number of hydrogen-bond acceptors (Lipinski definition) is 2. The van der Waals surface area contributed by atoms with Crippen LogP contribution in [0.25, 0.3) is 0 Å². The van der Waals surface area contributed by atoms with Crippen molar-refractivity contribution >= 4 is 35.0 Å². The second kappa shape index (κ2) is 4.83. The average molecular weight is 304 g/mol. The van der Waals surface area contributed by atoms with Crippen LogP contribution >= 0.6 is 23.4 Å². The molecule has 0 bridgehead atoms. The van der Waals surface area contributed by atoms with E-state index in [1.807, 2.05) is 62.5 Å². The fourth-order valence-corrected chi connectivity index (χ4v) is 3.98. The summed E-state index contributed by atoms with van der Waals surface area (Å²) in [6.45, 7) is 1.96. The Labute approximate surface area is 127 Å². The highest BCUT2D eigenvalue weighted by Gasteiger charge is 2.47. The molecule has 20 heavy (non-hydrogen) atoms. The molecule has 2 nitrogen and oxygen atoms in total. The third-order valence-corrected chi connectivity index (χ3v) is 5.16. The number of carbonyl (C=O) groups is 1. The van der Waals surface area contributed by atoms with Gasteiger partial charge in [-0.15, -0.1) is 11.8 Å². The van der Waals surface area contributed by atoms with Gasteiger partial charge in [-0.2, -0.15) is 0 Å². The van der Waals surface area contributed by atoms with E-state index in [0.717, 1.165) is 16.1 Å². The predicted molar refractivity (Wildman–Crippen MR) is 84.5 cm³/mol. The summed E-state index contributed by atoms with van der Waals surface area (Å²) in [5.41, 5.74) is 1.91. The third-order valence-electron chi connectivity index (χ3n) is 3.61. The lowest BCUT2D eigenvalue weighted by molar-refractivity contribution is -0.119. The minimum atomic E-state index is -0.629. The van der Waals surface area contributed by atoms with Crippen molar-refractivity contribution in [2.24, 2.45) is 0 Å². The first-order valence-corrected chi connectivity index (χ1v) is 7.54. The van der Waals surface area contributed by atoms with Gasteiger partial charge in [0, 0.05) is 28.2 Å². The van der Waals surface area contributed by atoms with E-state index >= 15 is 0 Å². The molecular formula is C16H14ClNOS. The van der Waals surface area contributed by atoms with Gasteiger partial charge in [-0.3, -0.25) is 4.79 Å². The second-order valence-corrected chi connectivity index (χ2v) is 6.90. The van der Waals surface area contributed by atoms with Crippen LogP contribution in [-0.4, -0.2) is 13.0 Å². The smallest absolute Gasteiger partial charge is 0.247 e. The van der Waals surface area contributed by atoms with Crippen LogP contribution in [0.3, 0.4) is 0 Å². The van der Waals surface area contributed by atoms with Crippen LogP contribution in [0.2, 0.25) is 5.02 Å². The molecule has 102 valence electrons. The monoisotopic (exact) mass is 303 g/mol. The Hall–Kier alpha value is -1.45. The number of likely N-dealkylation sites (N-methyl/N-ethyl adjacent to an activating group) is 1. The van der Waals surface area contributed by atoms with E-state index in [4.69, 9.17) is 11.6 Å². The van der Waals surface area contributed by atoms with Gasteiger partial charge in [-0.05, 0) is 37.3 Å². The molecule has 1 heterocycles. The maximum absolute atomic E-state index is 12.7. The zero-order valence-corrected chi connectivity index (χ0v) is 12.8. The molecule has 0 spiro atoms. The Bertz CT molecular complexity index is 673. The number of benzene rings is 2. The fraction of sp³-hybridized carbons (Fsp3) is 0.188. The predicted octanol–water partition coefficient (Wildman–Crippen LogP) is 4.32. The molecule has 4 heteroatoms. The number of amides is 1. The Morgan fingerprint density at radius 2 is 1.85 bits per heavy atom. The van der Waals surface area contributed by atoms with Crippen LogP contribution in [0.5, 0.6) is 0 Å². The third kappa shape index (κ3) is 2.02. The van der Waals surface area contributed by atoms with E-state index in [1.54, 1.807) is 16.7 Å². The van der Waals surface area contributed by atoms with Crippen LogP contribution < -0.4 is 4.90 Å². The molecule has 0 fully saturated rings. The van der Waals surface area contributed by atoms with Gasteiger partial charge in [-0.25, -0.2) is 0 Å². The summed E-state index contributed by atoms with van der Waals surface area (Å²) in [5, 5.41) is 0.659. The largest absolute Gasteiger partial charge is 0.314 e. The highest BCUT2D eigenvalue weighted by Crippen LogP contribution is 2.51. The molecule has 0 saturated heterocycles. The van der Waals surface area contributed by atoms with Crippen molar-refractivity contribution in [1.82, 2.24) is 0 Å². The highest BCUT2D eigenvalue weighted by atomic mass is 35.5. The molecule has 0 aliphatic carbocycles. The number of anilines is 1. The van der Waals surface area contributed by atoms with Gasteiger partial charge < -0.3 is 4.90 Å². The zero-order chi connectivity index (χ0) is 14.3. The molecule has 2 aromatic rings. The minimum Gasteiger partial charge on any atom is -0.314 e. The van der Waals surface area contributed by atoms with E-state index in [1.165, 1.54) is 0 Å². The number of thioether (sulfide) groups is 1. The summed E-state index contributed by atoms with van der Waals surface area (Å²) >= 11 is 7.68. The van der Waals surface area contributed by atoms with E-state index in [9.17, 15) is 4.79 Å². The zero-order valence-electron chi connectivity index (χ0n) is 11.3. The quantitative estimate of drug-likeness (QED) is 0.823. The molecule has 0 aromatic heterocycles. The van der Waals surface area contributed by atoms with Gasteiger partial charge in [0.15, 0.2) is 0 Å². The number of halogens is 1. The molecule has 0 radical (unpaired) electrons. The summed E-state index contributed by atoms with van der Waals surface area (Å²) in [6.07, 6.45) is 0. The fourth-order valence-electron chi connectivity index (χ4n) is 2.55. The van der Waals surface area contributed by atoms with E-state index in [0.29, 0.717) is 5.02 Å². The molecule has 3 rings (SSSR count). The lowest BCUT2D eigenvalue weighted by Crippen LogP contribution is -2.33. The first kappa shape index (κ1) is 13.5. The normalized spacial score (nSPS) is 21.1. The van der Waals surface area contributed by atoms with Gasteiger partial charge in [-0.1, -0.05) is 29.8 Å². The van der Waals surface area contributed by atoms with Gasteiger partial charge in [0.05, 0.1) is 0 Å². The molecule has 1 aliphatic rings. The molecular weight excluding hydrogens is 290 g/mol. The second-order valence-electron chi connectivity index (χ2n) is 4.97. The van der Waals surface area contributed by atoms with E-state index < -0.39 is 4.75 Å². The van der Waals surface area contributed by atoms with Crippen molar-refractivity contribution < 1.29 is 4.79 Å². The number of fused-ring (bicyclic) bond motifs is 1. The first-order valence-electron chi connectivity index (χ1n) is 6.34. The number of carbonyl (C=O) groups excluding carboxylic acids is 1. The van der Waals surface area contributed by atoms with Crippen molar-refractivity contribution in [2.75, 3.05) is 11.9 Å². The molecule has 2 aromatic carbocycles. The highest BCUT2D eigenvalue weighted by molar-refractivity contribution is 8.01. The Morgan fingerprint density at radius 3 is 2.55 bits per heavy atom. The van der Waals surface area contributed by atoms with Crippen LogP contribution in [-0.2, 0) is 9.54 Å². The molecule has 0 N–H and O–H groups in total. The Kier molecular flexibility index (Phi) is 3.27. The van der Waals surface area contributed by atoms with Gasteiger partial charge in [0.1, 0.15) is 4.75 Å². The van der Waals surface area contributed by atoms with Crippen LogP contribution in [0.1, 0.15) is 12.5 Å². The standard InChI is InChI=1S/C16H14ClNOS/c1-16(20-12-6-4-3-5-7-12)13-10-11(17)8-9-14(13)18(2)15(16)19/h3-10H,1-2H3. The lowest BCUT2D eigenvalue weighted by atomic mass is 10.0. The molecule has 1 aliphatic heterocycles. The lowest BCUT2D eigenvalue weighted by Gasteiger charge is -2.22. The van der Waals surface area contributed by atoms with E-state index in [2.05, 4.69) is 0 Å². The summed E-state index contributed by atoms with van der Waals surface area (Å²) in [7, 11) is 1.81.